The summed E-state index contributed by atoms with van der Waals surface area (Å²) in [6.07, 6.45) is 0. The van der Waals surface area contributed by atoms with Crippen LogP contribution in [0.3, 0.4) is 0 Å². The molecule has 1 aromatic rings. The van der Waals surface area contributed by atoms with Crippen molar-refractivity contribution in [1.29, 1.82) is 0 Å². The van der Waals surface area contributed by atoms with Gasteiger partial charge in [-0.3, -0.25) is 4.79 Å². The van der Waals surface area contributed by atoms with Crippen molar-refractivity contribution in [1.82, 2.24) is 10.6 Å². The number of carbonyl (C=O) groups excluding carboxylic acids is 1. The zero-order valence-electron chi connectivity index (χ0n) is 8.55. The van der Waals surface area contributed by atoms with Crippen LogP contribution in [0.15, 0.2) is 18.2 Å². The molecule has 0 spiro atoms. The highest BCUT2D eigenvalue weighted by atomic mass is 16.1. The standard InChI is InChI=1S/C12H12N2O/c1-13-6-2-3-9-4-5-10-8-14-12(15)11(10)7-9/h4-5,7,13H,6,8H2,1H3,(H,14,15). The van der Waals surface area contributed by atoms with Gasteiger partial charge in [-0.1, -0.05) is 17.9 Å². The average Bonchev–Trinajstić information content (AvgIpc) is 2.61. The number of fused-ring (bicyclic) bond motifs is 1. The highest BCUT2D eigenvalue weighted by Crippen LogP contribution is 2.16. The molecule has 1 heterocycles. The molecule has 0 aromatic heterocycles. The van der Waals surface area contributed by atoms with E-state index in [1.165, 1.54) is 0 Å². The summed E-state index contributed by atoms with van der Waals surface area (Å²) >= 11 is 0. The monoisotopic (exact) mass is 200 g/mol. The molecule has 76 valence electrons. The van der Waals surface area contributed by atoms with Crippen molar-refractivity contribution >= 4 is 5.91 Å². The quantitative estimate of drug-likeness (QED) is 0.648. The summed E-state index contributed by atoms with van der Waals surface area (Å²) in [6, 6.07) is 5.75. The van der Waals surface area contributed by atoms with Crippen molar-refractivity contribution in [2.75, 3.05) is 13.6 Å². The van der Waals surface area contributed by atoms with Gasteiger partial charge in [0.1, 0.15) is 0 Å². The van der Waals surface area contributed by atoms with Gasteiger partial charge in [-0.25, -0.2) is 0 Å². The van der Waals surface area contributed by atoms with E-state index in [4.69, 9.17) is 0 Å². The van der Waals surface area contributed by atoms with Gasteiger partial charge in [-0.05, 0) is 24.7 Å². The minimum absolute atomic E-state index is 0.00210. The van der Waals surface area contributed by atoms with Crippen LogP contribution in [0.5, 0.6) is 0 Å². The highest BCUT2D eigenvalue weighted by Gasteiger charge is 2.17. The first kappa shape index (κ1) is 9.75. The number of amides is 1. The summed E-state index contributed by atoms with van der Waals surface area (Å²) in [4.78, 5) is 11.4. The van der Waals surface area contributed by atoms with E-state index in [-0.39, 0.29) is 5.91 Å². The number of hydrogen-bond donors (Lipinski definition) is 2. The maximum atomic E-state index is 11.4. The molecule has 0 atom stereocenters. The maximum absolute atomic E-state index is 11.4. The Morgan fingerprint density at radius 2 is 2.40 bits per heavy atom. The summed E-state index contributed by atoms with van der Waals surface area (Å²) in [6.45, 7) is 1.29. The van der Waals surface area contributed by atoms with Crippen LogP contribution < -0.4 is 10.6 Å². The lowest BCUT2D eigenvalue weighted by Gasteiger charge is -1.95. The Bertz CT molecular complexity index is 454. The van der Waals surface area contributed by atoms with E-state index in [9.17, 15) is 4.79 Å². The molecule has 0 bridgehead atoms. The van der Waals surface area contributed by atoms with Gasteiger partial charge in [-0.15, -0.1) is 0 Å². The van der Waals surface area contributed by atoms with Crippen LogP contribution in [-0.2, 0) is 6.54 Å². The molecular weight excluding hydrogens is 188 g/mol. The Labute approximate surface area is 88.9 Å². The predicted molar refractivity (Wildman–Crippen MR) is 58.4 cm³/mol. The van der Waals surface area contributed by atoms with E-state index >= 15 is 0 Å². The van der Waals surface area contributed by atoms with Crippen LogP contribution in [0.25, 0.3) is 0 Å². The van der Waals surface area contributed by atoms with Crippen LogP contribution in [0.4, 0.5) is 0 Å². The van der Waals surface area contributed by atoms with E-state index in [1.807, 2.05) is 25.2 Å². The molecule has 3 nitrogen and oxygen atoms in total. The fourth-order valence-corrected chi connectivity index (χ4v) is 1.53. The van der Waals surface area contributed by atoms with Crippen molar-refractivity contribution in [2.24, 2.45) is 0 Å². The Hall–Kier alpha value is -1.79. The van der Waals surface area contributed by atoms with Gasteiger partial charge in [-0.2, -0.15) is 0 Å². The van der Waals surface area contributed by atoms with Gasteiger partial charge < -0.3 is 10.6 Å². The van der Waals surface area contributed by atoms with E-state index in [0.29, 0.717) is 13.1 Å². The second kappa shape index (κ2) is 4.16. The zero-order chi connectivity index (χ0) is 10.7. The van der Waals surface area contributed by atoms with Crippen LogP contribution in [0.1, 0.15) is 21.5 Å². The third-order valence-electron chi connectivity index (χ3n) is 2.29. The first-order chi connectivity index (χ1) is 7.31. The molecule has 0 saturated heterocycles. The lowest BCUT2D eigenvalue weighted by molar-refractivity contribution is 0.0965. The first-order valence-corrected chi connectivity index (χ1v) is 4.86. The highest BCUT2D eigenvalue weighted by molar-refractivity contribution is 5.98. The topological polar surface area (TPSA) is 41.1 Å². The summed E-state index contributed by atoms with van der Waals surface area (Å²) in [5.41, 5.74) is 2.70. The maximum Gasteiger partial charge on any atom is 0.251 e. The molecule has 15 heavy (non-hydrogen) atoms. The van der Waals surface area contributed by atoms with Gasteiger partial charge in [0.25, 0.3) is 5.91 Å². The molecule has 3 heteroatoms. The Morgan fingerprint density at radius 3 is 3.20 bits per heavy atom. The smallest absolute Gasteiger partial charge is 0.251 e. The summed E-state index contributed by atoms with van der Waals surface area (Å²) in [5, 5.41) is 5.73. The molecule has 1 amide bonds. The van der Waals surface area contributed by atoms with Crippen molar-refractivity contribution in [3.05, 3.63) is 34.9 Å². The molecule has 1 aliphatic heterocycles. The van der Waals surface area contributed by atoms with E-state index in [0.717, 1.165) is 16.7 Å². The molecule has 2 N–H and O–H groups in total. The number of benzene rings is 1. The van der Waals surface area contributed by atoms with Crippen LogP contribution in [0, 0.1) is 11.8 Å². The molecule has 0 radical (unpaired) electrons. The number of carbonyl (C=O) groups is 1. The Kier molecular flexibility index (Phi) is 2.70. The van der Waals surface area contributed by atoms with Gasteiger partial charge in [0.2, 0.25) is 0 Å². The number of rotatable bonds is 1. The fourth-order valence-electron chi connectivity index (χ4n) is 1.53. The minimum atomic E-state index is 0.00210. The second-order valence-corrected chi connectivity index (χ2v) is 3.39. The lowest BCUT2D eigenvalue weighted by Crippen LogP contribution is -2.12. The van der Waals surface area contributed by atoms with E-state index < -0.39 is 0 Å². The van der Waals surface area contributed by atoms with E-state index in [2.05, 4.69) is 22.5 Å². The molecule has 1 aromatic carbocycles. The van der Waals surface area contributed by atoms with Crippen molar-refractivity contribution in [3.63, 3.8) is 0 Å². The van der Waals surface area contributed by atoms with Crippen LogP contribution in [-0.4, -0.2) is 19.5 Å². The molecule has 0 fully saturated rings. The lowest BCUT2D eigenvalue weighted by atomic mass is 10.1. The van der Waals surface area contributed by atoms with Crippen molar-refractivity contribution in [2.45, 2.75) is 6.54 Å². The van der Waals surface area contributed by atoms with Gasteiger partial charge in [0.15, 0.2) is 0 Å². The second-order valence-electron chi connectivity index (χ2n) is 3.39. The molecule has 0 aliphatic carbocycles. The minimum Gasteiger partial charge on any atom is -0.348 e. The third-order valence-corrected chi connectivity index (χ3v) is 2.29. The molecule has 2 rings (SSSR count). The molecule has 1 aliphatic rings. The third kappa shape index (κ3) is 2.00. The normalized spacial score (nSPS) is 12.7. The zero-order valence-corrected chi connectivity index (χ0v) is 8.55. The summed E-state index contributed by atoms with van der Waals surface area (Å²) in [7, 11) is 1.85. The fraction of sp³-hybridized carbons (Fsp3) is 0.250. The van der Waals surface area contributed by atoms with Gasteiger partial charge in [0.05, 0.1) is 6.54 Å². The average molecular weight is 200 g/mol. The summed E-state index contributed by atoms with van der Waals surface area (Å²) < 4.78 is 0. The molecule has 0 saturated carbocycles. The van der Waals surface area contributed by atoms with Gasteiger partial charge >= 0.3 is 0 Å². The SMILES string of the molecule is CNCC#Cc1ccc2c(c1)C(=O)NC2. The van der Waals surface area contributed by atoms with E-state index in [1.54, 1.807) is 0 Å². The van der Waals surface area contributed by atoms with Crippen molar-refractivity contribution < 1.29 is 4.79 Å². The summed E-state index contributed by atoms with van der Waals surface area (Å²) in [5.74, 6) is 5.97. The number of nitrogens with one attached hydrogen (secondary N) is 2. The Balaban J connectivity index is 2.27. The Morgan fingerprint density at radius 1 is 1.53 bits per heavy atom. The van der Waals surface area contributed by atoms with Crippen LogP contribution >= 0.6 is 0 Å². The number of hydrogen-bond acceptors (Lipinski definition) is 2. The first-order valence-electron chi connectivity index (χ1n) is 4.86. The molecule has 0 unspecified atom stereocenters. The van der Waals surface area contributed by atoms with Crippen LogP contribution in [0.2, 0.25) is 0 Å². The van der Waals surface area contributed by atoms with Gasteiger partial charge in [0, 0.05) is 17.7 Å². The largest absolute Gasteiger partial charge is 0.348 e. The molecular formula is C12H12N2O. The predicted octanol–water partition coefficient (Wildman–Crippen LogP) is 0.501. The van der Waals surface area contributed by atoms with Crippen molar-refractivity contribution in [3.8, 4) is 11.8 Å².